The van der Waals surface area contributed by atoms with Crippen LogP contribution in [0.15, 0.2) is 59.6 Å². The quantitative estimate of drug-likeness (QED) is 0.517. The lowest BCUT2D eigenvalue weighted by molar-refractivity contribution is -0.114. The fourth-order valence-electron chi connectivity index (χ4n) is 3.62. The van der Waals surface area contributed by atoms with Crippen molar-refractivity contribution in [3.63, 3.8) is 0 Å². The minimum atomic E-state index is -0.0680. The van der Waals surface area contributed by atoms with E-state index in [1.54, 1.807) is 0 Å². The molecule has 1 atom stereocenters. The molecule has 1 aliphatic rings. The minimum Gasteiger partial charge on any atom is -0.376 e. The number of anilines is 1. The Morgan fingerprint density at radius 1 is 1.17 bits per heavy atom. The summed E-state index contributed by atoms with van der Waals surface area (Å²) >= 11 is 0. The first-order chi connectivity index (χ1) is 14.6. The Morgan fingerprint density at radius 2 is 1.97 bits per heavy atom. The molecule has 0 radical (unpaired) electrons. The van der Waals surface area contributed by atoms with E-state index in [-0.39, 0.29) is 5.91 Å². The lowest BCUT2D eigenvalue weighted by Gasteiger charge is -2.21. The summed E-state index contributed by atoms with van der Waals surface area (Å²) in [5, 5.41) is 6.23. The summed E-state index contributed by atoms with van der Waals surface area (Å²) in [6.07, 6.45) is 1.11. The summed E-state index contributed by atoms with van der Waals surface area (Å²) in [5.41, 5.74) is 3.08. The first kappa shape index (κ1) is 21.8. The van der Waals surface area contributed by atoms with Crippen LogP contribution in [-0.2, 0) is 22.7 Å². The molecule has 0 spiro atoms. The number of rotatable bonds is 8. The molecule has 2 N–H and O–H groups in total. The van der Waals surface area contributed by atoms with Gasteiger partial charge in [0.1, 0.15) is 0 Å². The molecule has 30 heavy (non-hydrogen) atoms. The van der Waals surface area contributed by atoms with Crippen molar-refractivity contribution in [1.82, 2.24) is 10.2 Å². The van der Waals surface area contributed by atoms with Crippen LogP contribution in [0.3, 0.4) is 0 Å². The van der Waals surface area contributed by atoms with E-state index in [0.717, 1.165) is 49.9 Å². The highest BCUT2D eigenvalue weighted by atomic mass is 16.5. The number of benzene rings is 2. The molecule has 1 fully saturated rings. The van der Waals surface area contributed by atoms with Crippen LogP contribution in [0.4, 0.5) is 5.69 Å². The van der Waals surface area contributed by atoms with Crippen LogP contribution >= 0.6 is 0 Å². The first-order valence-electron chi connectivity index (χ1n) is 10.7. The van der Waals surface area contributed by atoms with Gasteiger partial charge in [0.15, 0.2) is 5.96 Å². The molecule has 0 bridgehead atoms. The molecule has 6 heteroatoms. The number of amides is 1. The Balaban J connectivity index is 1.52. The number of hydrogen-bond donors (Lipinski definition) is 2. The zero-order valence-corrected chi connectivity index (χ0v) is 17.9. The molecular formula is C24H32N4O2. The monoisotopic (exact) mass is 408 g/mol. The molecular weight excluding hydrogens is 376 g/mol. The molecule has 0 aromatic heterocycles. The van der Waals surface area contributed by atoms with E-state index in [9.17, 15) is 4.79 Å². The standard InChI is InChI=1S/C24H32N4O2/c1-3-25-24(26-15-21-10-7-11-23(14-21)27-19(2)29)28-13-12-22(16-28)18-30-17-20-8-5-4-6-9-20/h4-11,14,22H,3,12-13,15-18H2,1-2H3,(H,25,26)(H,27,29). The first-order valence-corrected chi connectivity index (χ1v) is 10.7. The van der Waals surface area contributed by atoms with Crippen molar-refractivity contribution in [3.05, 3.63) is 65.7 Å². The largest absolute Gasteiger partial charge is 0.376 e. The van der Waals surface area contributed by atoms with Crippen LogP contribution in [0.5, 0.6) is 0 Å². The zero-order chi connectivity index (χ0) is 21.2. The topological polar surface area (TPSA) is 66.0 Å². The highest BCUT2D eigenvalue weighted by Gasteiger charge is 2.25. The highest BCUT2D eigenvalue weighted by molar-refractivity contribution is 5.88. The number of carbonyl (C=O) groups is 1. The van der Waals surface area contributed by atoms with Gasteiger partial charge in [0.05, 0.1) is 19.8 Å². The number of likely N-dealkylation sites (tertiary alicyclic amines) is 1. The van der Waals surface area contributed by atoms with Gasteiger partial charge in [0, 0.05) is 38.2 Å². The average Bonchev–Trinajstić information content (AvgIpc) is 3.20. The van der Waals surface area contributed by atoms with Gasteiger partial charge in [-0.1, -0.05) is 42.5 Å². The van der Waals surface area contributed by atoms with E-state index in [0.29, 0.717) is 19.1 Å². The summed E-state index contributed by atoms with van der Waals surface area (Å²) in [7, 11) is 0. The summed E-state index contributed by atoms with van der Waals surface area (Å²) in [4.78, 5) is 18.4. The van der Waals surface area contributed by atoms with Gasteiger partial charge in [-0.15, -0.1) is 0 Å². The lowest BCUT2D eigenvalue weighted by atomic mass is 10.1. The normalized spacial score (nSPS) is 16.5. The highest BCUT2D eigenvalue weighted by Crippen LogP contribution is 2.18. The summed E-state index contributed by atoms with van der Waals surface area (Å²) < 4.78 is 5.94. The Bertz CT molecular complexity index is 838. The third-order valence-electron chi connectivity index (χ3n) is 5.04. The molecule has 160 valence electrons. The van der Waals surface area contributed by atoms with Gasteiger partial charge in [0.2, 0.25) is 5.91 Å². The predicted octanol–water partition coefficient (Wildman–Crippen LogP) is 3.65. The molecule has 1 aliphatic heterocycles. The van der Waals surface area contributed by atoms with Gasteiger partial charge >= 0.3 is 0 Å². The summed E-state index contributed by atoms with van der Waals surface area (Å²) in [6.45, 7) is 8.37. The second-order valence-electron chi connectivity index (χ2n) is 7.65. The fourth-order valence-corrected chi connectivity index (χ4v) is 3.62. The van der Waals surface area contributed by atoms with Crippen LogP contribution in [0.25, 0.3) is 0 Å². The number of aliphatic imine (C=N–C) groups is 1. The van der Waals surface area contributed by atoms with E-state index >= 15 is 0 Å². The van der Waals surface area contributed by atoms with Crippen molar-refractivity contribution in [2.24, 2.45) is 10.9 Å². The molecule has 0 saturated carbocycles. The van der Waals surface area contributed by atoms with Crippen molar-refractivity contribution >= 4 is 17.6 Å². The van der Waals surface area contributed by atoms with Gasteiger partial charge in [-0.25, -0.2) is 4.99 Å². The maximum atomic E-state index is 11.3. The Morgan fingerprint density at radius 3 is 2.73 bits per heavy atom. The van der Waals surface area contributed by atoms with E-state index in [4.69, 9.17) is 9.73 Å². The molecule has 1 saturated heterocycles. The summed E-state index contributed by atoms with van der Waals surface area (Å²) in [6, 6.07) is 18.1. The molecule has 1 unspecified atom stereocenters. The number of hydrogen-bond acceptors (Lipinski definition) is 3. The maximum Gasteiger partial charge on any atom is 0.221 e. The fraction of sp³-hybridized carbons (Fsp3) is 0.417. The van der Waals surface area contributed by atoms with Crippen LogP contribution in [0.1, 0.15) is 31.4 Å². The van der Waals surface area contributed by atoms with Crippen LogP contribution < -0.4 is 10.6 Å². The molecule has 1 heterocycles. The van der Waals surface area contributed by atoms with Crippen molar-refractivity contribution in [2.45, 2.75) is 33.4 Å². The van der Waals surface area contributed by atoms with Crippen molar-refractivity contribution in [3.8, 4) is 0 Å². The van der Waals surface area contributed by atoms with Crippen molar-refractivity contribution in [1.29, 1.82) is 0 Å². The maximum absolute atomic E-state index is 11.3. The molecule has 3 rings (SSSR count). The Labute approximate surface area is 179 Å². The predicted molar refractivity (Wildman–Crippen MR) is 121 cm³/mol. The Hall–Kier alpha value is -2.86. The molecule has 0 aliphatic carbocycles. The van der Waals surface area contributed by atoms with E-state index < -0.39 is 0 Å². The van der Waals surface area contributed by atoms with Gasteiger partial charge < -0.3 is 20.3 Å². The van der Waals surface area contributed by atoms with Gasteiger partial charge in [-0.2, -0.15) is 0 Å². The van der Waals surface area contributed by atoms with E-state index in [2.05, 4.69) is 34.6 Å². The number of ether oxygens (including phenoxy) is 1. The van der Waals surface area contributed by atoms with Crippen LogP contribution in [0, 0.1) is 5.92 Å². The van der Waals surface area contributed by atoms with Crippen molar-refractivity contribution in [2.75, 3.05) is 31.6 Å². The van der Waals surface area contributed by atoms with Gasteiger partial charge in [-0.05, 0) is 36.6 Å². The second-order valence-corrected chi connectivity index (χ2v) is 7.65. The smallest absolute Gasteiger partial charge is 0.221 e. The lowest BCUT2D eigenvalue weighted by Crippen LogP contribution is -2.40. The van der Waals surface area contributed by atoms with Gasteiger partial charge in [-0.3, -0.25) is 4.79 Å². The van der Waals surface area contributed by atoms with Gasteiger partial charge in [0.25, 0.3) is 0 Å². The van der Waals surface area contributed by atoms with Crippen LogP contribution in [0.2, 0.25) is 0 Å². The number of nitrogens with zero attached hydrogens (tertiary/aromatic N) is 2. The van der Waals surface area contributed by atoms with E-state index in [1.165, 1.54) is 12.5 Å². The number of nitrogens with one attached hydrogen (secondary N) is 2. The summed E-state index contributed by atoms with van der Waals surface area (Å²) in [5.74, 6) is 1.38. The Kier molecular flexibility index (Phi) is 8.27. The number of guanidine groups is 1. The van der Waals surface area contributed by atoms with E-state index in [1.807, 2.05) is 42.5 Å². The molecule has 6 nitrogen and oxygen atoms in total. The van der Waals surface area contributed by atoms with Crippen molar-refractivity contribution < 1.29 is 9.53 Å². The average molecular weight is 409 g/mol. The zero-order valence-electron chi connectivity index (χ0n) is 17.9. The minimum absolute atomic E-state index is 0.0680. The molecule has 2 aromatic rings. The third kappa shape index (κ3) is 6.88. The SMILES string of the molecule is CCNC(=NCc1cccc(NC(C)=O)c1)N1CCC(COCc2ccccc2)C1. The third-order valence-corrected chi connectivity index (χ3v) is 5.04. The molecule has 2 aromatic carbocycles. The number of carbonyl (C=O) groups excluding carboxylic acids is 1. The molecule has 1 amide bonds. The van der Waals surface area contributed by atoms with Crippen LogP contribution in [-0.4, -0.2) is 43.0 Å². The second kappa shape index (κ2) is 11.4.